The molecule has 3 aromatic rings. The molecule has 1 saturated carbocycles. The Balaban J connectivity index is 1.28. The zero-order chi connectivity index (χ0) is 19.3. The fraction of sp³-hybridized carbons (Fsp3) is 0.286. The second-order valence-electron chi connectivity index (χ2n) is 6.92. The molecule has 1 amide bonds. The molecule has 1 aliphatic rings. The summed E-state index contributed by atoms with van der Waals surface area (Å²) in [4.78, 5) is 16.1. The van der Waals surface area contributed by atoms with Gasteiger partial charge in [0.05, 0.1) is 6.54 Å². The molecule has 2 unspecified atom stereocenters. The smallest absolute Gasteiger partial charge is 0.248 e. The van der Waals surface area contributed by atoms with Crippen molar-refractivity contribution in [3.63, 3.8) is 0 Å². The first-order valence-corrected chi connectivity index (χ1v) is 9.31. The minimum absolute atomic E-state index is 0.225. The Morgan fingerprint density at radius 1 is 1.39 bits per heavy atom. The minimum atomic E-state index is -0.225. The molecule has 1 N–H and O–H groups in total. The lowest BCUT2D eigenvalue weighted by atomic mass is 10.3. The van der Waals surface area contributed by atoms with Crippen molar-refractivity contribution in [1.29, 1.82) is 0 Å². The number of furan rings is 1. The van der Waals surface area contributed by atoms with Crippen molar-refractivity contribution in [1.82, 2.24) is 14.8 Å². The second kappa shape index (κ2) is 8.12. The van der Waals surface area contributed by atoms with Crippen LogP contribution in [0.3, 0.4) is 0 Å². The number of rotatable bonds is 8. The lowest BCUT2D eigenvalue weighted by molar-refractivity contribution is -0.111. The molecule has 0 radical (unpaired) electrons. The van der Waals surface area contributed by atoms with Crippen LogP contribution in [0.2, 0.25) is 0 Å². The number of anilines is 1. The van der Waals surface area contributed by atoms with Gasteiger partial charge in [0.25, 0.3) is 0 Å². The van der Waals surface area contributed by atoms with Crippen LogP contribution >= 0.6 is 0 Å². The van der Waals surface area contributed by atoms with Crippen molar-refractivity contribution in [3.8, 4) is 5.75 Å². The van der Waals surface area contributed by atoms with Crippen molar-refractivity contribution >= 4 is 17.7 Å². The first-order chi connectivity index (χ1) is 13.7. The first-order valence-electron chi connectivity index (χ1n) is 9.31. The lowest BCUT2D eigenvalue weighted by Gasteiger charge is -2.08. The third kappa shape index (κ3) is 4.68. The fourth-order valence-electron chi connectivity index (χ4n) is 2.99. The molecule has 2 aromatic heterocycles. The van der Waals surface area contributed by atoms with Crippen LogP contribution < -0.4 is 10.1 Å². The molecule has 0 spiro atoms. The maximum absolute atomic E-state index is 12.2. The van der Waals surface area contributed by atoms with Crippen LogP contribution in [0.5, 0.6) is 5.75 Å². The van der Waals surface area contributed by atoms with E-state index >= 15 is 0 Å². The van der Waals surface area contributed by atoms with Crippen molar-refractivity contribution in [2.45, 2.75) is 25.8 Å². The standard InChI is InChI=1S/C21H22N4O3/c1-15-11-19(15)20-7-5-17(28-20)6-8-21(26)24-16-3-2-4-18(12-16)27-10-9-25-14-22-13-23-25/h2-8,12-15,19H,9-11H2,1H3,(H,24,26). The minimum Gasteiger partial charge on any atom is -0.492 e. The maximum atomic E-state index is 12.2. The number of hydrogen-bond acceptors (Lipinski definition) is 5. The Bertz CT molecular complexity index is 962. The molecular weight excluding hydrogens is 356 g/mol. The van der Waals surface area contributed by atoms with Gasteiger partial charge in [-0.15, -0.1) is 0 Å². The highest BCUT2D eigenvalue weighted by Gasteiger charge is 2.36. The van der Waals surface area contributed by atoms with Crippen LogP contribution in [0.15, 0.2) is 59.5 Å². The highest BCUT2D eigenvalue weighted by Crippen LogP contribution is 2.47. The molecule has 2 heterocycles. The summed E-state index contributed by atoms with van der Waals surface area (Å²) in [6, 6.07) is 11.2. The summed E-state index contributed by atoms with van der Waals surface area (Å²) in [5, 5.41) is 6.85. The maximum Gasteiger partial charge on any atom is 0.248 e. The molecule has 1 aromatic carbocycles. The van der Waals surface area contributed by atoms with Crippen LogP contribution in [0.25, 0.3) is 6.08 Å². The summed E-state index contributed by atoms with van der Waals surface area (Å²) < 4.78 is 13.2. The molecule has 0 aliphatic heterocycles. The molecule has 144 valence electrons. The fourth-order valence-corrected chi connectivity index (χ4v) is 2.99. The predicted molar refractivity (Wildman–Crippen MR) is 105 cm³/mol. The Morgan fingerprint density at radius 2 is 2.29 bits per heavy atom. The van der Waals surface area contributed by atoms with E-state index in [1.165, 1.54) is 18.8 Å². The van der Waals surface area contributed by atoms with Crippen LogP contribution in [-0.2, 0) is 11.3 Å². The number of hydrogen-bond donors (Lipinski definition) is 1. The van der Waals surface area contributed by atoms with Gasteiger partial charge in [0.15, 0.2) is 0 Å². The molecule has 1 aliphatic carbocycles. The third-order valence-corrected chi connectivity index (χ3v) is 4.68. The van der Waals surface area contributed by atoms with Gasteiger partial charge >= 0.3 is 0 Å². The van der Waals surface area contributed by atoms with Gasteiger partial charge in [-0.2, -0.15) is 5.10 Å². The van der Waals surface area contributed by atoms with Crippen molar-refractivity contribution < 1.29 is 13.9 Å². The number of nitrogens with one attached hydrogen (secondary N) is 1. The first kappa shape index (κ1) is 18.0. The average Bonchev–Trinajstić information content (AvgIpc) is 3.08. The summed E-state index contributed by atoms with van der Waals surface area (Å²) in [5.74, 6) is 3.37. The van der Waals surface area contributed by atoms with Gasteiger partial charge < -0.3 is 14.5 Å². The zero-order valence-corrected chi connectivity index (χ0v) is 15.6. The van der Waals surface area contributed by atoms with Gasteiger partial charge in [0, 0.05) is 23.7 Å². The number of aromatic nitrogens is 3. The van der Waals surface area contributed by atoms with Gasteiger partial charge in [-0.1, -0.05) is 13.0 Å². The highest BCUT2D eigenvalue weighted by atomic mass is 16.5. The van der Waals surface area contributed by atoms with Crippen LogP contribution in [0, 0.1) is 5.92 Å². The summed E-state index contributed by atoms with van der Waals surface area (Å²) >= 11 is 0. The number of amides is 1. The van der Waals surface area contributed by atoms with E-state index in [0.29, 0.717) is 42.2 Å². The van der Waals surface area contributed by atoms with Crippen molar-refractivity contribution in [2.24, 2.45) is 5.92 Å². The van der Waals surface area contributed by atoms with Gasteiger partial charge in [-0.3, -0.25) is 4.79 Å². The second-order valence-corrected chi connectivity index (χ2v) is 6.92. The summed E-state index contributed by atoms with van der Waals surface area (Å²) in [6.45, 7) is 3.27. The van der Waals surface area contributed by atoms with Gasteiger partial charge in [0.2, 0.25) is 5.91 Å². The Morgan fingerprint density at radius 3 is 3.07 bits per heavy atom. The monoisotopic (exact) mass is 378 g/mol. The molecule has 0 bridgehead atoms. The van der Waals surface area contributed by atoms with Crippen LogP contribution in [0.1, 0.15) is 30.8 Å². The zero-order valence-electron chi connectivity index (χ0n) is 15.6. The predicted octanol–water partition coefficient (Wildman–Crippen LogP) is 3.73. The van der Waals surface area contributed by atoms with Crippen molar-refractivity contribution in [2.75, 3.05) is 11.9 Å². The molecule has 4 rings (SSSR count). The van der Waals surface area contributed by atoms with E-state index in [4.69, 9.17) is 9.15 Å². The van der Waals surface area contributed by atoms with Gasteiger partial charge in [-0.05, 0) is 42.7 Å². The molecule has 1 fully saturated rings. The number of carbonyl (C=O) groups is 1. The molecule has 7 heteroatoms. The van der Waals surface area contributed by atoms with E-state index < -0.39 is 0 Å². The SMILES string of the molecule is CC1CC1c1ccc(C=CC(=O)Nc2cccc(OCCn3cncn3)c2)o1. The Hall–Kier alpha value is -3.35. The third-order valence-electron chi connectivity index (χ3n) is 4.68. The van der Waals surface area contributed by atoms with Gasteiger partial charge in [-0.25, -0.2) is 9.67 Å². The van der Waals surface area contributed by atoms with E-state index in [-0.39, 0.29) is 5.91 Å². The molecule has 28 heavy (non-hydrogen) atoms. The van der Waals surface area contributed by atoms with E-state index in [1.807, 2.05) is 30.3 Å². The number of carbonyl (C=O) groups excluding carboxylic acids is 1. The normalized spacial score (nSPS) is 18.3. The highest BCUT2D eigenvalue weighted by molar-refractivity contribution is 6.01. The van der Waals surface area contributed by atoms with Crippen LogP contribution in [0.4, 0.5) is 5.69 Å². The lowest BCUT2D eigenvalue weighted by Crippen LogP contribution is -2.10. The molecule has 0 saturated heterocycles. The topological polar surface area (TPSA) is 82.2 Å². The largest absolute Gasteiger partial charge is 0.492 e. The summed E-state index contributed by atoms with van der Waals surface area (Å²) in [7, 11) is 0. The Kier molecular flexibility index (Phi) is 5.23. The van der Waals surface area contributed by atoms with Crippen molar-refractivity contribution in [3.05, 3.63) is 66.6 Å². The number of benzene rings is 1. The number of ether oxygens (including phenoxy) is 1. The van der Waals surface area contributed by atoms with E-state index in [9.17, 15) is 4.79 Å². The molecular formula is C21H22N4O3. The van der Waals surface area contributed by atoms with E-state index in [2.05, 4.69) is 22.3 Å². The summed E-state index contributed by atoms with van der Waals surface area (Å²) in [5.41, 5.74) is 0.667. The number of nitrogens with zero attached hydrogens (tertiary/aromatic N) is 3. The molecule has 2 atom stereocenters. The van der Waals surface area contributed by atoms with Crippen LogP contribution in [-0.4, -0.2) is 27.3 Å². The van der Waals surface area contributed by atoms with E-state index in [1.54, 1.807) is 23.2 Å². The quantitative estimate of drug-likeness (QED) is 0.604. The van der Waals surface area contributed by atoms with E-state index in [0.717, 1.165) is 5.76 Å². The molecule has 7 nitrogen and oxygen atoms in total. The summed E-state index contributed by atoms with van der Waals surface area (Å²) in [6.07, 6.45) is 7.45. The Labute approximate surface area is 163 Å². The average molecular weight is 378 g/mol. The van der Waals surface area contributed by atoms with Gasteiger partial charge in [0.1, 0.15) is 36.5 Å².